The maximum Gasteiger partial charge on any atom is 0.416 e. The minimum Gasteiger partial charge on any atom is -0.309 e. The van der Waals surface area contributed by atoms with Gasteiger partial charge in [0, 0.05) is 69.1 Å². The number of alkyl halides is 3. The minimum absolute atomic E-state index is 0.0446. The van der Waals surface area contributed by atoms with Crippen LogP contribution in [0.25, 0.3) is 88.9 Å². The predicted octanol–water partition coefficient (Wildman–Crippen LogP) is 11.8. The van der Waals surface area contributed by atoms with E-state index in [1.807, 2.05) is 72.8 Å². The number of hydrogen-bond donors (Lipinski definition) is 0. The van der Waals surface area contributed by atoms with Crippen molar-refractivity contribution in [3.05, 3.63) is 169 Å². The molecule has 0 aliphatic carbocycles. The van der Waals surface area contributed by atoms with Crippen molar-refractivity contribution >= 4 is 43.6 Å². The molecule has 0 unspecified atom stereocenters. The maximum atomic E-state index is 15.4. The van der Waals surface area contributed by atoms with Crippen LogP contribution in [0.15, 0.2) is 152 Å². The highest BCUT2D eigenvalue weighted by Crippen LogP contribution is 2.46. The van der Waals surface area contributed by atoms with Crippen LogP contribution in [0.2, 0.25) is 0 Å². The van der Waals surface area contributed by atoms with Gasteiger partial charge in [-0.1, -0.05) is 60.7 Å². The van der Waals surface area contributed by atoms with E-state index in [0.717, 1.165) is 51.9 Å². The van der Waals surface area contributed by atoms with E-state index in [9.17, 15) is 0 Å². The molecule has 270 valence electrons. The van der Waals surface area contributed by atoms with Gasteiger partial charge in [0.2, 0.25) is 0 Å². The summed E-state index contributed by atoms with van der Waals surface area (Å²) in [6.07, 6.45) is 1.62. The van der Waals surface area contributed by atoms with Crippen molar-refractivity contribution in [1.82, 2.24) is 29.1 Å². The van der Waals surface area contributed by atoms with Crippen LogP contribution in [0.4, 0.5) is 22.0 Å². The Morgan fingerprint density at radius 1 is 0.411 bits per heavy atom. The summed E-state index contributed by atoms with van der Waals surface area (Å²) in [5, 5.41) is 3.03. The molecule has 4 heterocycles. The Morgan fingerprint density at radius 3 is 1.29 bits per heavy atom. The van der Waals surface area contributed by atoms with Gasteiger partial charge in [0.15, 0.2) is 11.6 Å². The summed E-state index contributed by atoms with van der Waals surface area (Å²) >= 11 is 0. The lowest BCUT2D eigenvalue weighted by molar-refractivity contribution is -0.137. The lowest BCUT2D eigenvalue weighted by atomic mass is 9.97. The van der Waals surface area contributed by atoms with Crippen molar-refractivity contribution in [1.29, 1.82) is 0 Å². The van der Waals surface area contributed by atoms with E-state index in [2.05, 4.69) is 19.9 Å². The van der Waals surface area contributed by atoms with Crippen molar-refractivity contribution < 1.29 is 22.0 Å². The Balaban J connectivity index is 1.40. The van der Waals surface area contributed by atoms with Crippen molar-refractivity contribution in [2.45, 2.75) is 6.18 Å². The number of benzene rings is 6. The normalized spacial score (nSPS) is 12.0. The third-order valence-corrected chi connectivity index (χ3v) is 10.1. The van der Waals surface area contributed by atoms with Crippen LogP contribution in [-0.4, -0.2) is 29.1 Å². The first-order valence-electron chi connectivity index (χ1n) is 17.6. The molecule has 0 amide bonds. The standard InChI is InChI=1S/C45H25F5N6/c46-30-19-28(20-31(47)25-30)42-40(55-36-9-3-1-7-32(36)34-13-11-26(21-38(34)55)43-51-15-5-16-52-43)23-29(45(48,49)50)24-41(42)56-37-10-4-2-8-33(37)35-14-12-27(22-39(35)56)44-53-17-6-18-54-44/h1-25H. The molecule has 0 aliphatic rings. The third-order valence-electron chi connectivity index (χ3n) is 10.1. The van der Waals surface area contributed by atoms with Gasteiger partial charge in [-0.3, -0.25) is 0 Å². The molecule has 4 aromatic heterocycles. The lowest BCUT2D eigenvalue weighted by Gasteiger charge is -2.23. The summed E-state index contributed by atoms with van der Waals surface area (Å²) in [7, 11) is 0. The molecule has 11 heteroatoms. The Kier molecular flexibility index (Phi) is 7.53. The largest absolute Gasteiger partial charge is 0.416 e. The first-order valence-corrected chi connectivity index (χ1v) is 17.6. The van der Waals surface area contributed by atoms with E-state index in [1.54, 1.807) is 58.2 Å². The highest BCUT2D eigenvalue weighted by atomic mass is 19.4. The fraction of sp³-hybridized carbons (Fsp3) is 0.0222. The van der Waals surface area contributed by atoms with Crippen LogP contribution >= 0.6 is 0 Å². The smallest absolute Gasteiger partial charge is 0.309 e. The van der Waals surface area contributed by atoms with Crippen molar-refractivity contribution in [2.75, 3.05) is 0 Å². The number of halogens is 5. The fourth-order valence-corrected chi connectivity index (χ4v) is 7.76. The Labute approximate surface area is 314 Å². The molecule has 0 aliphatic heterocycles. The van der Waals surface area contributed by atoms with Crippen LogP contribution in [0.1, 0.15) is 5.56 Å². The van der Waals surface area contributed by atoms with Gasteiger partial charge in [-0.15, -0.1) is 0 Å². The van der Waals surface area contributed by atoms with Crippen LogP contribution in [0, 0.1) is 11.6 Å². The lowest BCUT2D eigenvalue weighted by Crippen LogP contribution is -2.11. The number of hydrogen-bond acceptors (Lipinski definition) is 4. The van der Waals surface area contributed by atoms with E-state index in [0.29, 0.717) is 44.8 Å². The molecule has 6 nitrogen and oxygen atoms in total. The van der Waals surface area contributed by atoms with E-state index in [-0.39, 0.29) is 22.5 Å². The molecule has 0 bridgehead atoms. The minimum atomic E-state index is -4.82. The van der Waals surface area contributed by atoms with Crippen molar-refractivity contribution in [2.24, 2.45) is 0 Å². The topological polar surface area (TPSA) is 61.4 Å². The van der Waals surface area contributed by atoms with Crippen molar-refractivity contribution in [3.8, 4) is 45.3 Å². The zero-order chi connectivity index (χ0) is 38.1. The maximum absolute atomic E-state index is 15.4. The highest BCUT2D eigenvalue weighted by Gasteiger charge is 2.34. The van der Waals surface area contributed by atoms with E-state index in [1.165, 1.54) is 0 Å². The molecule has 0 radical (unpaired) electrons. The van der Waals surface area contributed by atoms with Gasteiger partial charge < -0.3 is 9.13 Å². The van der Waals surface area contributed by atoms with E-state index < -0.39 is 23.4 Å². The van der Waals surface area contributed by atoms with Crippen LogP contribution in [0.5, 0.6) is 0 Å². The van der Waals surface area contributed by atoms with Gasteiger partial charge in [-0.05, 0) is 66.2 Å². The monoisotopic (exact) mass is 744 g/mol. The molecule has 0 spiro atoms. The summed E-state index contributed by atoms with van der Waals surface area (Å²) in [5.41, 5.74) is 2.91. The molecule has 6 aromatic carbocycles. The summed E-state index contributed by atoms with van der Waals surface area (Å²) < 4.78 is 80.2. The van der Waals surface area contributed by atoms with Gasteiger partial charge in [-0.25, -0.2) is 28.7 Å². The average Bonchev–Trinajstić information content (AvgIpc) is 3.72. The molecule has 10 rings (SSSR count). The van der Waals surface area contributed by atoms with E-state index in [4.69, 9.17) is 0 Å². The van der Waals surface area contributed by atoms with Gasteiger partial charge in [-0.2, -0.15) is 13.2 Å². The number of fused-ring (bicyclic) bond motifs is 6. The Bertz CT molecular complexity index is 2960. The summed E-state index contributed by atoms with van der Waals surface area (Å²) in [5.74, 6) is -0.916. The molecule has 0 saturated heterocycles. The average molecular weight is 745 g/mol. The molecular formula is C45H25F5N6. The Morgan fingerprint density at radius 2 is 0.839 bits per heavy atom. The van der Waals surface area contributed by atoms with Crippen LogP contribution in [-0.2, 0) is 6.18 Å². The quantitative estimate of drug-likeness (QED) is 0.165. The van der Waals surface area contributed by atoms with Gasteiger partial charge in [0.1, 0.15) is 11.6 Å². The molecule has 10 aromatic rings. The molecule has 0 saturated carbocycles. The second-order valence-electron chi connectivity index (χ2n) is 13.4. The van der Waals surface area contributed by atoms with Gasteiger partial charge in [0.05, 0.1) is 39.0 Å². The van der Waals surface area contributed by atoms with Crippen LogP contribution in [0.3, 0.4) is 0 Å². The summed E-state index contributed by atoms with van der Waals surface area (Å²) in [6, 6.07) is 34.4. The van der Waals surface area contributed by atoms with E-state index >= 15 is 22.0 Å². The first-order chi connectivity index (χ1) is 27.2. The van der Waals surface area contributed by atoms with Gasteiger partial charge in [0.25, 0.3) is 0 Å². The second-order valence-corrected chi connectivity index (χ2v) is 13.4. The number of nitrogens with zero attached hydrogens (tertiary/aromatic N) is 6. The first kappa shape index (κ1) is 33.3. The fourth-order valence-electron chi connectivity index (χ4n) is 7.76. The molecule has 56 heavy (non-hydrogen) atoms. The number of para-hydroxylation sites is 2. The molecule has 0 N–H and O–H groups in total. The highest BCUT2D eigenvalue weighted by molar-refractivity contribution is 6.13. The van der Waals surface area contributed by atoms with Crippen LogP contribution < -0.4 is 0 Å². The summed E-state index contributed by atoms with van der Waals surface area (Å²) in [4.78, 5) is 17.7. The molecular weight excluding hydrogens is 720 g/mol. The molecule has 0 atom stereocenters. The van der Waals surface area contributed by atoms with Crippen molar-refractivity contribution in [3.63, 3.8) is 0 Å². The zero-order valence-electron chi connectivity index (χ0n) is 29.0. The third kappa shape index (κ3) is 5.38. The SMILES string of the molecule is Fc1cc(F)cc(-c2c(-n3c4ccccc4c4ccc(-c5ncccn5)cc43)cc(C(F)(F)F)cc2-n2c3ccccc3c3ccc(-c4ncccn4)cc32)c1. The number of rotatable bonds is 5. The predicted molar refractivity (Wildman–Crippen MR) is 208 cm³/mol. The van der Waals surface area contributed by atoms with Gasteiger partial charge >= 0.3 is 6.18 Å². The number of aromatic nitrogens is 6. The Hall–Kier alpha value is -7.27. The summed E-state index contributed by atoms with van der Waals surface area (Å²) in [6.45, 7) is 0. The molecule has 0 fully saturated rings. The zero-order valence-corrected chi connectivity index (χ0v) is 29.0. The second kappa shape index (κ2) is 12.7.